The van der Waals surface area contributed by atoms with Crippen LogP contribution in [-0.4, -0.2) is 29.0 Å². The number of benzene rings is 2. The van der Waals surface area contributed by atoms with Crippen molar-refractivity contribution >= 4 is 37.3 Å². The highest BCUT2D eigenvalue weighted by Gasteiger charge is 2.39. The van der Waals surface area contributed by atoms with Gasteiger partial charge in [-0.05, 0) is 23.8 Å². The first kappa shape index (κ1) is 17.4. The van der Waals surface area contributed by atoms with Crippen molar-refractivity contribution in [1.82, 2.24) is 0 Å². The van der Waals surface area contributed by atoms with Gasteiger partial charge in [0.05, 0.1) is 22.5 Å². The first-order valence-electron chi connectivity index (χ1n) is 7.11. The van der Waals surface area contributed by atoms with Gasteiger partial charge in [-0.3, -0.25) is 9.10 Å². The number of carbonyl (C=O) groups excluding carboxylic acids is 1. The van der Waals surface area contributed by atoms with Crippen molar-refractivity contribution in [2.24, 2.45) is 5.14 Å². The molecule has 0 saturated carbocycles. The number of amides is 1. The van der Waals surface area contributed by atoms with Crippen molar-refractivity contribution in [3.8, 4) is 0 Å². The molecule has 0 radical (unpaired) electrons. The fourth-order valence-electron chi connectivity index (χ4n) is 2.72. The molecule has 1 amide bonds. The number of nitrogens with two attached hydrogens (primary N) is 1. The summed E-state index contributed by atoms with van der Waals surface area (Å²) in [5.41, 5.74) is 0.726. The van der Waals surface area contributed by atoms with Crippen molar-refractivity contribution in [1.29, 1.82) is 0 Å². The van der Waals surface area contributed by atoms with Crippen LogP contribution in [0.3, 0.4) is 0 Å². The smallest absolute Gasteiger partial charge is 0.252 e. The Kier molecular flexibility index (Phi) is 4.06. The lowest BCUT2D eigenvalue weighted by atomic mass is 10.0. The number of fused-ring (bicyclic) bond motifs is 1. The summed E-state index contributed by atoms with van der Waals surface area (Å²) in [6.45, 7) is 0. The van der Waals surface area contributed by atoms with Crippen LogP contribution in [0.2, 0.25) is 0 Å². The van der Waals surface area contributed by atoms with E-state index in [1.807, 2.05) is 0 Å². The number of primary sulfonamides is 1. The summed E-state index contributed by atoms with van der Waals surface area (Å²) in [4.78, 5) is 12.4. The standard InChI is InChI=1S/C15H15N3O5S2/c1-24(20,21)18-13-8-7-11(25(16,22)23)9-12(13)17-15(19)14(18)10-5-3-2-4-6-10/h2-9,14H,1H3,(H,17,19)(H2,16,22,23). The Balaban J connectivity index is 2.23. The average molecular weight is 381 g/mol. The largest absolute Gasteiger partial charge is 0.322 e. The van der Waals surface area contributed by atoms with E-state index in [0.29, 0.717) is 5.56 Å². The van der Waals surface area contributed by atoms with Gasteiger partial charge in [0, 0.05) is 0 Å². The van der Waals surface area contributed by atoms with Crippen molar-refractivity contribution in [3.05, 3.63) is 54.1 Å². The molecule has 0 fully saturated rings. The summed E-state index contributed by atoms with van der Waals surface area (Å²) < 4.78 is 48.7. The Morgan fingerprint density at radius 3 is 2.24 bits per heavy atom. The van der Waals surface area contributed by atoms with E-state index in [2.05, 4.69) is 5.32 Å². The Bertz CT molecular complexity index is 1050. The minimum absolute atomic E-state index is 0.0640. The highest BCUT2D eigenvalue weighted by Crippen LogP contribution is 2.40. The topological polar surface area (TPSA) is 127 Å². The predicted octanol–water partition coefficient (Wildman–Crippen LogP) is 0.793. The lowest BCUT2D eigenvalue weighted by Crippen LogP contribution is -2.44. The Labute approximate surface area is 145 Å². The third-order valence-corrected chi connectivity index (χ3v) is 5.78. The van der Waals surface area contributed by atoms with E-state index in [1.165, 1.54) is 12.1 Å². The number of nitrogens with zero attached hydrogens (tertiary/aromatic N) is 1. The normalized spacial score (nSPS) is 17.8. The number of anilines is 2. The van der Waals surface area contributed by atoms with E-state index in [0.717, 1.165) is 16.6 Å². The van der Waals surface area contributed by atoms with Crippen molar-refractivity contribution in [2.75, 3.05) is 15.9 Å². The molecule has 0 aliphatic carbocycles. The van der Waals surface area contributed by atoms with Crippen LogP contribution in [0.5, 0.6) is 0 Å². The molecule has 0 saturated heterocycles. The second-order valence-electron chi connectivity index (χ2n) is 5.59. The highest BCUT2D eigenvalue weighted by atomic mass is 32.2. The van der Waals surface area contributed by atoms with E-state index in [4.69, 9.17) is 5.14 Å². The molecular weight excluding hydrogens is 366 g/mol. The molecule has 2 aromatic rings. The van der Waals surface area contributed by atoms with Crippen LogP contribution in [0.1, 0.15) is 11.6 Å². The van der Waals surface area contributed by atoms with E-state index in [-0.39, 0.29) is 16.3 Å². The van der Waals surface area contributed by atoms with Gasteiger partial charge in [0.2, 0.25) is 20.0 Å². The van der Waals surface area contributed by atoms with Crippen LogP contribution in [0.4, 0.5) is 11.4 Å². The van der Waals surface area contributed by atoms with E-state index in [1.54, 1.807) is 30.3 Å². The number of carbonyl (C=O) groups is 1. The van der Waals surface area contributed by atoms with Crippen LogP contribution < -0.4 is 14.8 Å². The zero-order chi connectivity index (χ0) is 18.4. The van der Waals surface area contributed by atoms with Crippen LogP contribution in [0.15, 0.2) is 53.4 Å². The fraction of sp³-hybridized carbons (Fsp3) is 0.133. The molecule has 0 spiro atoms. The highest BCUT2D eigenvalue weighted by molar-refractivity contribution is 7.92. The number of hydrogen-bond donors (Lipinski definition) is 2. The Morgan fingerprint density at radius 1 is 1.04 bits per heavy atom. The van der Waals surface area contributed by atoms with Gasteiger partial charge in [0.15, 0.2) is 0 Å². The second kappa shape index (κ2) is 5.83. The van der Waals surface area contributed by atoms with Crippen molar-refractivity contribution in [2.45, 2.75) is 10.9 Å². The van der Waals surface area contributed by atoms with Gasteiger partial charge in [-0.15, -0.1) is 0 Å². The summed E-state index contributed by atoms with van der Waals surface area (Å²) in [6, 6.07) is 11.0. The molecule has 1 heterocycles. The molecular formula is C15H15N3O5S2. The summed E-state index contributed by atoms with van der Waals surface area (Å²) in [5, 5.41) is 7.65. The second-order valence-corrected chi connectivity index (χ2v) is 9.01. The maximum Gasteiger partial charge on any atom is 0.252 e. The molecule has 8 nitrogen and oxygen atoms in total. The van der Waals surface area contributed by atoms with Gasteiger partial charge in [-0.25, -0.2) is 22.0 Å². The molecule has 10 heteroatoms. The Hall–Kier alpha value is -2.43. The Morgan fingerprint density at radius 2 is 1.68 bits per heavy atom. The quantitative estimate of drug-likeness (QED) is 0.813. The van der Waals surface area contributed by atoms with Gasteiger partial charge >= 0.3 is 0 Å². The molecule has 0 bridgehead atoms. The van der Waals surface area contributed by atoms with Crippen molar-refractivity contribution in [3.63, 3.8) is 0 Å². The SMILES string of the molecule is CS(=O)(=O)N1c2ccc(S(N)(=O)=O)cc2NC(=O)C1c1ccccc1. The van der Waals surface area contributed by atoms with Gasteiger partial charge in [0.25, 0.3) is 5.91 Å². The monoisotopic (exact) mass is 381 g/mol. The molecule has 0 aromatic heterocycles. The molecule has 3 N–H and O–H groups in total. The summed E-state index contributed by atoms with van der Waals surface area (Å²) in [7, 11) is -7.82. The van der Waals surface area contributed by atoms with Crippen LogP contribution >= 0.6 is 0 Å². The first-order chi connectivity index (χ1) is 11.6. The molecule has 132 valence electrons. The maximum absolute atomic E-state index is 12.6. The molecule has 1 atom stereocenters. The summed E-state index contributed by atoms with van der Waals surface area (Å²) in [5.74, 6) is -0.587. The molecule has 2 aromatic carbocycles. The third kappa shape index (κ3) is 3.23. The summed E-state index contributed by atoms with van der Waals surface area (Å²) >= 11 is 0. The van der Waals surface area contributed by atoms with E-state index >= 15 is 0 Å². The van der Waals surface area contributed by atoms with E-state index < -0.39 is 32.0 Å². The lowest BCUT2D eigenvalue weighted by molar-refractivity contribution is -0.117. The minimum atomic E-state index is -3.99. The fourth-order valence-corrected chi connectivity index (χ4v) is 4.38. The number of sulfonamides is 2. The summed E-state index contributed by atoms with van der Waals surface area (Å²) in [6.07, 6.45) is 0.985. The van der Waals surface area contributed by atoms with Crippen LogP contribution in [0, 0.1) is 0 Å². The van der Waals surface area contributed by atoms with Gasteiger partial charge in [-0.1, -0.05) is 30.3 Å². The number of rotatable bonds is 3. The first-order valence-corrected chi connectivity index (χ1v) is 10.5. The molecule has 1 aliphatic heterocycles. The lowest BCUT2D eigenvalue weighted by Gasteiger charge is -2.36. The van der Waals surface area contributed by atoms with E-state index in [9.17, 15) is 21.6 Å². The van der Waals surface area contributed by atoms with Gasteiger partial charge < -0.3 is 5.32 Å². The maximum atomic E-state index is 12.6. The minimum Gasteiger partial charge on any atom is -0.322 e. The molecule has 3 rings (SSSR count). The molecule has 1 aliphatic rings. The van der Waals surface area contributed by atoms with Crippen LogP contribution in [0.25, 0.3) is 0 Å². The number of hydrogen-bond acceptors (Lipinski definition) is 5. The molecule has 1 unspecified atom stereocenters. The van der Waals surface area contributed by atoms with Gasteiger partial charge in [0.1, 0.15) is 6.04 Å². The predicted molar refractivity (Wildman–Crippen MR) is 93.0 cm³/mol. The number of nitrogens with one attached hydrogen (secondary N) is 1. The van der Waals surface area contributed by atoms with Crippen LogP contribution in [-0.2, 0) is 24.8 Å². The average Bonchev–Trinajstić information content (AvgIpc) is 2.52. The van der Waals surface area contributed by atoms with Crippen molar-refractivity contribution < 1.29 is 21.6 Å². The van der Waals surface area contributed by atoms with Gasteiger partial charge in [-0.2, -0.15) is 0 Å². The zero-order valence-electron chi connectivity index (χ0n) is 13.1. The molecule has 25 heavy (non-hydrogen) atoms. The third-order valence-electron chi connectivity index (χ3n) is 3.75. The zero-order valence-corrected chi connectivity index (χ0v) is 14.7.